The lowest BCUT2D eigenvalue weighted by atomic mass is 10.1. The highest BCUT2D eigenvalue weighted by Gasteiger charge is 2.21. The van der Waals surface area contributed by atoms with Crippen LogP contribution in [0.1, 0.15) is 19.8 Å². The Morgan fingerprint density at radius 2 is 2.19 bits per heavy atom. The third-order valence-corrected chi connectivity index (χ3v) is 2.93. The van der Waals surface area contributed by atoms with E-state index in [0.717, 1.165) is 32.9 Å². The van der Waals surface area contributed by atoms with Crippen LogP contribution >= 0.6 is 0 Å². The molecule has 4 heteroatoms. The van der Waals surface area contributed by atoms with E-state index in [4.69, 9.17) is 14.2 Å². The second-order valence-corrected chi connectivity index (χ2v) is 4.16. The van der Waals surface area contributed by atoms with Crippen molar-refractivity contribution in [2.24, 2.45) is 0 Å². The van der Waals surface area contributed by atoms with E-state index in [0.29, 0.717) is 19.3 Å². The molecule has 0 spiro atoms. The summed E-state index contributed by atoms with van der Waals surface area (Å²) in [5.41, 5.74) is 0. The van der Waals surface area contributed by atoms with Crippen molar-refractivity contribution in [1.29, 1.82) is 0 Å². The predicted octanol–water partition coefficient (Wildman–Crippen LogP) is 1.15. The van der Waals surface area contributed by atoms with E-state index in [-0.39, 0.29) is 0 Å². The maximum absolute atomic E-state index is 5.51. The minimum Gasteiger partial charge on any atom is -0.382 e. The first kappa shape index (κ1) is 13.9. The van der Waals surface area contributed by atoms with Crippen molar-refractivity contribution in [3.63, 3.8) is 0 Å². The molecule has 0 aromatic heterocycles. The molecule has 1 unspecified atom stereocenters. The molecule has 1 aliphatic heterocycles. The van der Waals surface area contributed by atoms with Crippen LogP contribution in [0.2, 0.25) is 0 Å². The van der Waals surface area contributed by atoms with Crippen LogP contribution in [0.4, 0.5) is 0 Å². The average Bonchev–Trinajstić information content (AvgIpc) is 2.31. The van der Waals surface area contributed by atoms with Crippen LogP contribution in [0.15, 0.2) is 0 Å². The normalized spacial score (nSPS) is 22.5. The number of nitrogens with zero attached hydrogens (tertiary/aromatic N) is 1. The SMILES string of the molecule is CCCC1COCCN1CCOCCOC. The number of methoxy groups -OCH3 is 1. The second kappa shape index (κ2) is 8.93. The van der Waals surface area contributed by atoms with Crippen LogP contribution in [0.25, 0.3) is 0 Å². The van der Waals surface area contributed by atoms with Gasteiger partial charge in [-0.1, -0.05) is 13.3 Å². The molecule has 1 aliphatic rings. The van der Waals surface area contributed by atoms with Gasteiger partial charge in [-0.3, -0.25) is 4.90 Å². The molecule has 0 aromatic rings. The van der Waals surface area contributed by atoms with Crippen molar-refractivity contribution < 1.29 is 14.2 Å². The standard InChI is InChI=1S/C12H25NO3/c1-3-4-12-11-16-8-6-13(12)5-7-15-10-9-14-2/h12H,3-11H2,1-2H3. The van der Waals surface area contributed by atoms with Crippen LogP contribution in [0.3, 0.4) is 0 Å². The quantitative estimate of drug-likeness (QED) is 0.586. The zero-order valence-corrected chi connectivity index (χ0v) is 10.6. The Bertz CT molecular complexity index is 164. The van der Waals surface area contributed by atoms with Gasteiger partial charge in [-0.05, 0) is 6.42 Å². The lowest BCUT2D eigenvalue weighted by Gasteiger charge is -2.35. The first-order valence-corrected chi connectivity index (χ1v) is 6.27. The van der Waals surface area contributed by atoms with Crippen LogP contribution in [-0.2, 0) is 14.2 Å². The van der Waals surface area contributed by atoms with Gasteiger partial charge in [0.25, 0.3) is 0 Å². The third-order valence-electron chi connectivity index (χ3n) is 2.93. The van der Waals surface area contributed by atoms with E-state index >= 15 is 0 Å². The Kier molecular flexibility index (Phi) is 7.76. The van der Waals surface area contributed by atoms with E-state index in [1.807, 2.05) is 0 Å². The molecule has 1 fully saturated rings. The minimum atomic E-state index is 0.588. The Morgan fingerprint density at radius 3 is 2.94 bits per heavy atom. The summed E-state index contributed by atoms with van der Waals surface area (Å²) in [6.07, 6.45) is 2.44. The zero-order valence-electron chi connectivity index (χ0n) is 10.6. The molecule has 4 nitrogen and oxygen atoms in total. The largest absolute Gasteiger partial charge is 0.382 e. The summed E-state index contributed by atoms with van der Waals surface area (Å²) in [5.74, 6) is 0. The number of ether oxygens (including phenoxy) is 3. The van der Waals surface area contributed by atoms with Gasteiger partial charge in [-0.25, -0.2) is 0 Å². The lowest BCUT2D eigenvalue weighted by Crippen LogP contribution is -2.46. The Hall–Kier alpha value is -0.160. The number of hydrogen-bond donors (Lipinski definition) is 0. The number of rotatable bonds is 8. The van der Waals surface area contributed by atoms with E-state index in [1.165, 1.54) is 12.8 Å². The molecule has 1 atom stereocenters. The van der Waals surface area contributed by atoms with Crippen molar-refractivity contribution >= 4 is 0 Å². The Balaban J connectivity index is 2.11. The van der Waals surface area contributed by atoms with Gasteiger partial charge >= 0.3 is 0 Å². The fraction of sp³-hybridized carbons (Fsp3) is 1.00. The molecule has 1 saturated heterocycles. The maximum Gasteiger partial charge on any atom is 0.0700 e. The summed E-state index contributed by atoms with van der Waals surface area (Å²) in [7, 11) is 1.70. The molecule has 96 valence electrons. The average molecular weight is 231 g/mol. The molecular formula is C12H25NO3. The van der Waals surface area contributed by atoms with E-state index in [1.54, 1.807) is 7.11 Å². The van der Waals surface area contributed by atoms with Crippen LogP contribution in [-0.4, -0.2) is 64.2 Å². The molecule has 0 radical (unpaired) electrons. The third kappa shape index (κ3) is 5.25. The van der Waals surface area contributed by atoms with Crippen LogP contribution in [0, 0.1) is 0 Å². The molecule has 0 N–H and O–H groups in total. The fourth-order valence-electron chi connectivity index (χ4n) is 2.01. The van der Waals surface area contributed by atoms with Crippen molar-refractivity contribution in [3.8, 4) is 0 Å². The first-order chi connectivity index (χ1) is 7.88. The zero-order chi connectivity index (χ0) is 11.6. The van der Waals surface area contributed by atoms with Crippen molar-refractivity contribution in [2.45, 2.75) is 25.8 Å². The highest BCUT2D eigenvalue weighted by Crippen LogP contribution is 2.11. The molecular weight excluding hydrogens is 206 g/mol. The van der Waals surface area contributed by atoms with Crippen LogP contribution in [0.5, 0.6) is 0 Å². The van der Waals surface area contributed by atoms with Gasteiger partial charge < -0.3 is 14.2 Å². The van der Waals surface area contributed by atoms with E-state index in [9.17, 15) is 0 Å². The van der Waals surface area contributed by atoms with Gasteiger partial charge in [-0.15, -0.1) is 0 Å². The van der Waals surface area contributed by atoms with Crippen molar-refractivity contribution in [1.82, 2.24) is 4.90 Å². The molecule has 0 aliphatic carbocycles. The summed E-state index contributed by atoms with van der Waals surface area (Å²) in [5, 5.41) is 0. The second-order valence-electron chi connectivity index (χ2n) is 4.16. The van der Waals surface area contributed by atoms with E-state index < -0.39 is 0 Å². The fourth-order valence-corrected chi connectivity index (χ4v) is 2.01. The van der Waals surface area contributed by atoms with E-state index in [2.05, 4.69) is 11.8 Å². The predicted molar refractivity (Wildman–Crippen MR) is 63.8 cm³/mol. The lowest BCUT2D eigenvalue weighted by molar-refractivity contribution is -0.0261. The van der Waals surface area contributed by atoms with Crippen LogP contribution < -0.4 is 0 Å². The number of hydrogen-bond acceptors (Lipinski definition) is 4. The highest BCUT2D eigenvalue weighted by molar-refractivity contribution is 4.74. The molecule has 0 amide bonds. The summed E-state index contributed by atoms with van der Waals surface area (Å²) in [6, 6.07) is 0.588. The maximum atomic E-state index is 5.51. The summed E-state index contributed by atoms with van der Waals surface area (Å²) >= 11 is 0. The summed E-state index contributed by atoms with van der Waals surface area (Å²) in [6.45, 7) is 8.19. The van der Waals surface area contributed by atoms with Gasteiger partial charge in [0.2, 0.25) is 0 Å². The monoisotopic (exact) mass is 231 g/mol. The molecule has 0 aromatic carbocycles. The molecule has 1 rings (SSSR count). The van der Waals surface area contributed by atoms with Gasteiger partial charge in [-0.2, -0.15) is 0 Å². The summed E-state index contributed by atoms with van der Waals surface area (Å²) < 4.78 is 15.9. The molecule has 0 bridgehead atoms. The highest BCUT2D eigenvalue weighted by atomic mass is 16.5. The topological polar surface area (TPSA) is 30.9 Å². The molecule has 16 heavy (non-hydrogen) atoms. The summed E-state index contributed by atoms with van der Waals surface area (Å²) in [4.78, 5) is 2.49. The van der Waals surface area contributed by atoms with Crippen molar-refractivity contribution in [3.05, 3.63) is 0 Å². The number of morpholine rings is 1. The Morgan fingerprint density at radius 1 is 1.31 bits per heavy atom. The van der Waals surface area contributed by atoms with Gasteiger partial charge in [0, 0.05) is 26.2 Å². The van der Waals surface area contributed by atoms with Crippen molar-refractivity contribution in [2.75, 3.05) is 53.2 Å². The minimum absolute atomic E-state index is 0.588. The van der Waals surface area contributed by atoms with Gasteiger partial charge in [0.05, 0.1) is 33.0 Å². The smallest absolute Gasteiger partial charge is 0.0700 e. The van der Waals surface area contributed by atoms with Gasteiger partial charge in [0.15, 0.2) is 0 Å². The van der Waals surface area contributed by atoms with Gasteiger partial charge in [0.1, 0.15) is 0 Å². The Labute approximate surface area is 98.8 Å². The molecule has 0 saturated carbocycles. The first-order valence-electron chi connectivity index (χ1n) is 6.27. The molecule has 1 heterocycles.